The highest BCUT2D eigenvalue weighted by Gasteiger charge is 2.16. The average molecular weight is 475 g/mol. The molecule has 2 aromatic carbocycles. The number of halogens is 1. The van der Waals surface area contributed by atoms with Crippen molar-refractivity contribution in [1.82, 2.24) is 9.97 Å². The van der Waals surface area contributed by atoms with E-state index in [2.05, 4.69) is 25.9 Å². The Morgan fingerprint density at radius 1 is 1.03 bits per heavy atom. The summed E-state index contributed by atoms with van der Waals surface area (Å²) in [5.74, 6) is -0.520. The van der Waals surface area contributed by atoms with Crippen molar-refractivity contribution in [3.05, 3.63) is 68.7 Å². The van der Waals surface area contributed by atoms with Crippen molar-refractivity contribution in [3.63, 3.8) is 0 Å². The maximum Gasteiger partial charge on any atom is 0.325 e. The second-order valence-electron chi connectivity index (χ2n) is 6.01. The van der Waals surface area contributed by atoms with Crippen LogP contribution in [0, 0.1) is 10.1 Å². The van der Waals surface area contributed by atoms with E-state index >= 15 is 0 Å². The lowest BCUT2D eigenvalue weighted by atomic mass is 10.3. The third kappa shape index (κ3) is 4.94. The molecule has 13 heteroatoms. The molecule has 2 aromatic heterocycles. The molecular weight excluding hydrogens is 464 g/mol. The zero-order valence-corrected chi connectivity index (χ0v) is 17.7. The fraction of sp³-hybridized carbons (Fsp3) is 0. The number of carbonyl (C=O) groups is 2. The van der Waals surface area contributed by atoms with Gasteiger partial charge in [-0.1, -0.05) is 29.0 Å². The molecule has 10 nitrogen and oxygen atoms in total. The lowest BCUT2D eigenvalue weighted by molar-refractivity contribution is -0.384. The number of nitrogens with one attached hydrogen (secondary N) is 3. The minimum absolute atomic E-state index is 0.0553. The van der Waals surface area contributed by atoms with Crippen molar-refractivity contribution in [2.75, 3.05) is 16.0 Å². The topological polar surface area (TPSA) is 139 Å². The molecule has 3 N–H and O–H groups in total. The van der Waals surface area contributed by atoms with E-state index in [-0.39, 0.29) is 21.6 Å². The largest absolute Gasteiger partial charge is 0.325 e. The summed E-state index contributed by atoms with van der Waals surface area (Å²) in [6.45, 7) is 0. The van der Waals surface area contributed by atoms with E-state index < -0.39 is 16.9 Å². The first kappa shape index (κ1) is 20.7. The number of non-ortho nitro benzene ring substituents is 1. The molecule has 0 atom stereocenters. The molecule has 0 fully saturated rings. The van der Waals surface area contributed by atoms with E-state index in [0.29, 0.717) is 20.9 Å². The number of benzene rings is 2. The molecule has 2 heterocycles. The van der Waals surface area contributed by atoms with Gasteiger partial charge in [-0.3, -0.25) is 25.5 Å². The van der Waals surface area contributed by atoms with Crippen molar-refractivity contribution >= 4 is 78.1 Å². The lowest BCUT2D eigenvalue weighted by Gasteiger charge is -2.05. The Morgan fingerprint density at radius 3 is 2.65 bits per heavy atom. The van der Waals surface area contributed by atoms with Gasteiger partial charge < -0.3 is 5.32 Å². The molecule has 0 spiro atoms. The van der Waals surface area contributed by atoms with Crippen LogP contribution in [0.4, 0.5) is 26.4 Å². The molecule has 0 aliphatic carbocycles. The van der Waals surface area contributed by atoms with Crippen LogP contribution in [0.5, 0.6) is 0 Å². The quantitative estimate of drug-likeness (QED) is 0.268. The summed E-state index contributed by atoms with van der Waals surface area (Å²) in [5, 5.41) is 21.1. The van der Waals surface area contributed by atoms with Gasteiger partial charge in [-0.05, 0) is 24.3 Å². The van der Waals surface area contributed by atoms with Gasteiger partial charge in [0, 0.05) is 28.2 Å². The minimum Gasteiger partial charge on any atom is -0.308 e. The Bertz CT molecular complexity index is 1320. The molecule has 0 aliphatic heterocycles. The van der Waals surface area contributed by atoms with Crippen LogP contribution in [0.15, 0.2) is 47.8 Å². The lowest BCUT2D eigenvalue weighted by Crippen LogP contribution is -2.19. The van der Waals surface area contributed by atoms with Crippen LogP contribution in [0.3, 0.4) is 0 Å². The van der Waals surface area contributed by atoms with Crippen LogP contribution in [-0.4, -0.2) is 26.8 Å². The van der Waals surface area contributed by atoms with Gasteiger partial charge in [0.2, 0.25) is 0 Å². The SMILES string of the molecule is O=C(Nc1cccc(Cl)c1)Nc1nc(C(=O)Nc2nc3ccc([N+](=O)[O-])cc3s2)cs1. The Kier molecular flexibility index (Phi) is 5.75. The van der Waals surface area contributed by atoms with E-state index in [1.165, 1.54) is 23.6 Å². The Morgan fingerprint density at radius 2 is 1.87 bits per heavy atom. The molecule has 4 rings (SSSR count). The summed E-state index contributed by atoms with van der Waals surface area (Å²) >= 11 is 8.07. The molecular formula is C18H11ClN6O4S2. The zero-order valence-electron chi connectivity index (χ0n) is 15.3. The number of carbonyl (C=O) groups excluding carboxylic acids is 2. The van der Waals surface area contributed by atoms with Gasteiger partial charge in [0.1, 0.15) is 5.69 Å². The molecule has 0 bridgehead atoms. The fourth-order valence-corrected chi connectivity index (χ4v) is 4.27. The molecule has 31 heavy (non-hydrogen) atoms. The van der Waals surface area contributed by atoms with Crippen molar-refractivity contribution in [2.45, 2.75) is 0 Å². The molecule has 4 aromatic rings. The van der Waals surface area contributed by atoms with Gasteiger partial charge in [-0.15, -0.1) is 11.3 Å². The molecule has 0 saturated carbocycles. The molecule has 156 valence electrons. The summed E-state index contributed by atoms with van der Waals surface area (Å²) in [6.07, 6.45) is 0. The van der Waals surface area contributed by atoms with Crippen LogP contribution in [0.1, 0.15) is 10.5 Å². The normalized spacial score (nSPS) is 10.6. The van der Waals surface area contributed by atoms with Crippen LogP contribution in [-0.2, 0) is 0 Å². The number of nitro benzene ring substituents is 1. The molecule has 0 unspecified atom stereocenters. The molecule has 0 radical (unpaired) electrons. The number of urea groups is 1. The van der Waals surface area contributed by atoms with Gasteiger partial charge >= 0.3 is 6.03 Å². The number of thiazole rings is 2. The third-order valence-electron chi connectivity index (χ3n) is 3.84. The summed E-state index contributed by atoms with van der Waals surface area (Å²) in [4.78, 5) is 43.2. The van der Waals surface area contributed by atoms with Crippen LogP contribution < -0.4 is 16.0 Å². The maximum atomic E-state index is 12.4. The maximum absolute atomic E-state index is 12.4. The summed E-state index contributed by atoms with van der Waals surface area (Å²) in [7, 11) is 0. The highest BCUT2D eigenvalue weighted by molar-refractivity contribution is 7.22. The minimum atomic E-state index is -0.531. The third-order valence-corrected chi connectivity index (χ3v) is 5.77. The van der Waals surface area contributed by atoms with Gasteiger partial charge in [-0.25, -0.2) is 14.8 Å². The number of aromatic nitrogens is 2. The van der Waals surface area contributed by atoms with Crippen molar-refractivity contribution in [2.24, 2.45) is 0 Å². The standard InChI is InChI=1S/C18H11ClN6O4S2/c19-9-2-1-3-10(6-9)20-16(27)24-17-22-13(8-30-17)15(26)23-18-21-12-5-4-11(25(28)29)7-14(12)31-18/h1-8H,(H,21,23,26)(H2,20,22,24,27). The first-order chi connectivity index (χ1) is 14.9. The number of nitro groups is 1. The number of hydrogen-bond donors (Lipinski definition) is 3. The van der Waals surface area contributed by atoms with Crippen molar-refractivity contribution in [3.8, 4) is 0 Å². The van der Waals surface area contributed by atoms with Gasteiger partial charge in [0.15, 0.2) is 10.3 Å². The highest BCUT2D eigenvalue weighted by atomic mass is 35.5. The zero-order chi connectivity index (χ0) is 22.0. The van der Waals surface area contributed by atoms with Gasteiger partial charge in [-0.2, -0.15) is 0 Å². The molecule has 0 aliphatic rings. The predicted octanol–water partition coefficient (Wildman–Crippen LogP) is 5.21. The summed E-state index contributed by atoms with van der Waals surface area (Å²) in [5.41, 5.74) is 1.08. The van der Waals surface area contributed by atoms with E-state index in [1.54, 1.807) is 24.3 Å². The fourth-order valence-electron chi connectivity index (χ4n) is 2.50. The first-order valence-electron chi connectivity index (χ1n) is 8.53. The monoisotopic (exact) mass is 474 g/mol. The second kappa shape index (κ2) is 8.63. The Labute approximate surface area is 187 Å². The van der Waals surface area contributed by atoms with Crippen LogP contribution in [0.2, 0.25) is 5.02 Å². The summed E-state index contributed by atoms with van der Waals surface area (Å²) in [6, 6.07) is 10.4. The van der Waals surface area contributed by atoms with E-state index in [1.807, 2.05) is 0 Å². The summed E-state index contributed by atoms with van der Waals surface area (Å²) < 4.78 is 0.572. The smallest absolute Gasteiger partial charge is 0.308 e. The van der Waals surface area contributed by atoms with E-state index in [9.17, 15) is 19.7 Å². The molecule has 0 saturated heterocycles. The van der Waals surface area contributed by atoms with E-state index in [0.717, 1.165) is 22.7 Å². The van der Waals surface area contributed by atoms with E-state index in [4.69, 9.17) is 11.6 Å². The number of fused-ring (bicyclic) bond motifs is 1. The number of amides is 3. The molecule has 3 amide bonds. The second-order valence-corrected chi connectivity index (χ2v) is 8.33. The Balaban J connectivity index is 1.40. The number of rotatable bonds is 5. The average Bonchev–Trinajstić information content (AvgIpc) is 3.33. The van der Waals surface area contributed by atoms with Crippen LogP contribution in [0.25, 0.3) is 10.2 Å². The number of nitrogens with zero attached hydrogens (tertiary/aromatic N) is 3. The Hall–Kier alpha value is -3.61. The van der Waals surface area contributed by atoms with Crippen molar-refractivity contribution < 1.29 is 14.5 Å². The number of hydrogen-bond acceptors (Lipinski definition) is 8. The first-order valence-corrected chi connectivity index (χ1v) is 10.6. The predicted molar refractivity (Wildman–Crippen MR) is 120 cm³/mol. The highest BCUT2D eigenvalue weighted by Crippen LogP contribution is 2.29. The van der Waals surface area contributed by atoms with Gasteiger partial charge in [0.25, 0.3) is 11.6 Å². The van der Waals surface area contributed by atoms with Crippen molar-refractivity contribution in [1.29, 1.82) is 0 Å². The number of anilines is 3. The van der Waals surface area contributed by atoms with Crippen LogP contribution >= 0.6 is 34.3 Å². The van der Waals surface area contributed by atoms with Gasteiger partial charge in [0.05, 0.1) is 15.1 Å².